The van der Waals surface area contributed by atoms with Crippen molar-refractivity contribution in [1.82, 2.24) is 14.8 Å². The first kappa shape index (κ1) is 14.5. The van der Waals surface area contributed by atoms with Gasteiger partial charge in [-0.1, -0.05) is 6.07 Å². The summed E-state index contributed by atoms with van der Waals surface area (Å²) in [6, 6.07) is 7.12. The number of hydrogen-bond acceptors (Lipinski definition) is 4. The van der Waals surface area contributed by atoms with E-state index in [1.165, 1.54) is 43.4 Å². The number of pyridine rings is 1. The standard InChI is InChI=1S/C19H24N4O/c24-15-9-13(10-15)20-18-6-2-5-17(21-18)16-11-23(14-3-1-4-14)22-19(16)12-7-8-12/h2,5-6,11-15,24H,1,3-4,7-10H2,(H,20,21). The molecule has 0 radical (unpaired) electrons. The van der Waals surface area contributed by atoms with Crippen LogP contribution in [0.25, 0.3) is 11.3 Å². The van der Waals surface area contributed by atoms with E-state index in [1.54, 1.807) is 0 Å². The van der Waals surface area contributed by atoms with Gasteiger partial charge in [0.25, 0.3) is 0 Å². The highest BCUT2D eigenvalue weighted by Gasteiger charge is 2.32. The Balaban J connectivity index is 1.43. The highest BCUT2D eigenvalue weighted by molar-refractivity contribution is 5.64. The van der Waals surface area contributed by atoms with Crippen molar-refractivity contribution in [3.63, 3.8) is 0 Å². The van der Waals surface area contributed by atoms with Crippen molar-refractivity contribution < 1.29 is 5.11 Å². The zero-order chi connectivity index (χ0) is 16.1. The van der Waals surface area contributed by atoms with Gasteiger partial charge in [-0.05, 0) is 57.1 Å². The number of nitrogens with zero attached hydrogens (tertiary/aromatic N) is 3. The fraction of sp³-hybridized carbons (Fsp3) is 0.579. The Morgan fingerprint density at radius 2 is 1.96 bits per heavy atom. The lowest BCUT2D eigenvalue weighted by Gasteiger charge is -2.32. The second-order valence-corrected chi connectivity index (χ2v) is 7.64. The topological polar surface area (TPSA) is 63.0 Å². The largest absolute Gasteiger partial charge is 0.393 e. The number of aromatic nitrogens is 3. The van der Waals surface area contributed by atoms with Crippen LogP contribution in [-0.2, 0) is 0 Å². The summed E-state index contributed by atoms with van der Waals surface area (Å²) in [4.78, 5) is 4.83. The average Bonchev–Trinajstić information content (AvgIpc) is 3.25. The molecule has 0 unspecified atom stereocenters. The number of aliphatic hydroxyl groups is 1. The van der Waals surface area contributed by atoms with Crippen molar-refractivity contribution in [2.45, 2.75) is 69.1 Å². The van der Waals surface area contributed by atoms with Crippen molar-refractivity contribution in [2.75, 3.05) is 5.32 Å². The number of aliphatic hydroxyl groups excluding tert-OH is 1. The Kier molecular flexibility index (Phi) is 3.37. The fourth-order valence-corrected chi connectivity index (χ4v) is 3.68. The van der Waals surface area contributed by atoms with E-state index in [1.807, 2.05) is 6.07 Å². The predicted octanol–water partition coefficient (Wildman–Crippen LogP) is 3.48. The lowest BCUT2D eigenvalue weighted by molar-refractivity contribution is 0.0835. The summed E-state index contributed by atoms with van der Waals surface area (Å²) >= 11 is 0. The van der Waals surface area contributed by atoms with E-state index in [0.717, 1.165) is 24.4 Å². The maximum Gasteiger partial charge on any atom is 0.126 e. The molecule has 24 heavy (non-hydrogen) atoms. The number of rotatable bonds is 5. The van der Waals surface area contributed by atoms with Gasteiger partial charge < -0.3 is 10.4 Å². The Hall–Kier alpha value is -1.88. The van der Waals surface area contributed by atoms with E-state index in [9.17, 15) is 5.11 Å². The maximum atomic E-state index is 9.45. The third kappa shape index (κ3) is 2.61. The van der Waals surface area contributed by atoms with Crippen molar-refractivity contribution in [3.8, 4) is 11.3 Å². The van der Waals surface area contributed by atoms with E-state index < -0.39 is 0 Å². The first-order valence-electron chi connectivity index (χ1n) is 9.27. The molecule has 0 saturated heterocycles. The summed E-state index contributed by atoms with van der Waals surface area (Å²) in [7, 11) is 0. The van der Waals surface area contributed by atoms with Crippen molar-refractivity contribution in [3.05, 3.63) is 30.1 Å². The normalized spacial score (nSPS) is 26.7. The van der Waals surface area contributed by atoms with Crippen LogP contribution < -0.4 is 5.32 Å². The minimum absolute atomic E-state index is 0.145. The quantitative estimate of drug-likeness (QED) is 0.884. The van der Waals surface area contributed by atoms with Gasteiger partial charge in [-0.25, -0.2) is 4.98 Å². The third-order valence-electron chi connectivity index (χ3n) is 5.66. The minimum Gasteiger partial charge on any atom is -0.393 e. The van der Waals surface area contributed by atoms with Crippen LogP contribution in [0, 0.1) is 0 Å². The molecular formula is C19H24N4O. The Morgan fingerprint density at radius 1 is 1.12 bits per heavy atom. The summed E-state index contributed by atoms with van der Waals surface area (Å²) in [5, 5.41) is 17.8. The van der Waals surface area contributed by atoms with Gasteiger partial charge in [-0.2, -0.15) is 5.10 Å². The second-order valence-electron chi connectivity index (χ2n) is 7.64. The molecule has 2 N–H and O–H groups in total. The molecule has 3 saturated carbocycles. The van der Waals surface area contributed by atoms with Crippen LogP contribution in [0.1, 0.15) is 62.6 Å². The summed E-state index contributed by atoms with van der Waals surface area (Å²) in [5.41, 5.74) is 3.47. The van der Waals surface area contributed by atoms with E-state index in [-0.39, 0.29) is 6.10 Å². The Morgan fingerprint density at radius 3 is 2.62 bits per heavy atom. The molecule has 3 fully saturated rings. The fourth-order valence-electron chi connectivity index (χ4n) is 3.68. The predicted molar refractivity (Wildman–Crippen MR) is 93.0 cm³/mol. The van der Waals surface area contributed by atoms with E-state index >= 15 is 0 Å². The van der Waals surface area contributed by atoms with Gasteiger partial charge in [-0.15, -0.1) is 0 Å². The number of hydrogen-bond donors (Lipinski definition) is 2. The van der Waals surface area contributed by atoms with Crippen molar-refractivity contribution >= 4 is 5.82 Å². The van der Waals surface area contributed by atoms with Gasteiger partial charge in [0.15, 0.2) is 0 Å². The third-order valence-corrected chi connectivity index (χ3v) is 5.66. The summed E-state index contributed by atoms with van der Waals surface area (Å²) in [5.74, 6) is 1.53. The second kappa shape index (κ2) is 5.59. The first-order chi connectivity index (χ1) is 11.8. The van der Waals surface area contributed by atoms with Gasteiger partial charge >= 0.3 is 0 Å². The Bertz CT molecular complexity index is 742. The van der Waals surface area contributed by atoms with Crippen LogP contribution in [0.4, 0.5) is 5.82 Å². The van der Waals surface area contributed by atoms with Crippen molar-refractivity contribution in [2.24, 2.45) is 0 Å². The highest BCUT2D eigenvalue weighted by Crippen LogP contribution is 2.44. The van der Waals surface area contributed by atoms with Crippen LogP contribution in [0.3, 0.4) is 0 Å². The van der Waals surface area contributed by atoms with Gasteiger partial charge in [0.05, 0.1) is 23.5 Å². The summed E-state index contributed by atoms with van der Waals surface area (Å²) in [6.07, 6.45) is 10.1. The monoisotopic (exact) mass is 324 g/mol. The molecule has 0 bridgehead atoms. The van der Waals surface area contributed by atoms with E-state index in [2.05, 4.69) is 28.3 Å². The molecule has 3 aliphatic rings. The highest BCUT2D eigenvalue weighted by atomic mass is 16.3. The SMILES string of the molecule is OC1CC(Nc2cccc(-c3cn(C4CCC4)nc3C3CC3)n2)C1. The zero-order valence-electron chi connectivity index (χ0n) is 13.9. The summed E-state index contributed by atoms with van der Waals surface area (Å²) in [6.45, 7) is 0. The lowest BCUT2D eigenvalue weighted by atomic mass is 9.89. The van der Waals surface area contributed by atoms with Crippen LogP contribution in [0.5, 0.6) is 0 Å². The van der Waals surface area contributed by atoms with Crippen LogP contribution in [0.2, 0.25) is 0 Å². The molecule has 2 aromatic heterocycles. The molecule has 5 rings (SSSR count). The van der Waals surface area contributed by atoms with E-state index in [0.29, 0.717) is 18.0 Å². The molecular weight excluding hydrogens is 300 g/mol. The molecule has 0 amide bonds. The van der Waals surface area contributed by atoms with Crippen LogP contribution >= 0.6 is 0 Å². The molecule has 0 aliphatic heterocycles. The van der Waals surface area contributed by atoms with Crippen LogP contribution in [0.15, 0.2) is 24.4 Å². The lowest BCUT2D eigenvalue weighted by Crippen LogP contribution is -2.39. The van der Waals surface area contributed by atoms with Crippen LogP contribution in [-0.4, -0.2) is 32.0 Å². The smallest absolute Gasteiger partial charge is 0.126 e. The van der Waals surface area contributed by atoms with Gasteiger partial charge in [-0.3, -0.25) is 4.68 Å². The average molecular weight is 324 g/mol. The number of anilines is 1. The molecule has 3 aliphatic carbocycles. The van der Waals surface area contributed by atoms with Gasteiger partial charge in [0.2, 0.25) is 0 Å². The molecule has 0 aromatic carbocycles. The van der Waals surface area contributed by atoms with E-state index in [4.69, 9.17) is 10.1 Å². The number of nitrogens with one attached hydrogen (secondary N) is 1. The molecule has 0 atom stereocenters. The Labute approximate surface area is 142 Å². The molecule has 0 spiro atoms. The van der Waals surface area contributed by atoms with Crippen molar-refractivity contribution in [1.29, 1.82) is 0 Å². The maximum absolute atomic E-state index is 9.45. The molecule has 2 aromatic rings. The molecule has 2 heterocycles. The van der Waals surface area contributed by atoms with Gasteiger partial charge in [0.1, 0.15) is 5.82 Å². The molecule has 126 valence electrons. The van der Waals surface area contributed by atoms with Gasteiger partial charge in [0, 0.05) is 23.7 Å². The summed E-state index contributed by atoms with van der Waals surface area (Å²) < 4.78 is 2.19. The first-order valence-corrected chi connectivity index (χ1v) is 9.27. The zero-order valence-corrected chi connectivity index (χ0v) is 13.9. The minimum atomic E-state index is -0.145. The molecule has 5 heteroatoms. The molecule has 5 nitrogen and oxygen atoms in total.